The van der Waals surface area contributed by atoms with Gasteiger partial charge in [0, 0.05) is 19.4 Å². The van der Waals surface area contributed by atoms with Gasteiger partial charge in [0.15, 0.2) is 0 Å². The molecule has 19 heavy (non-hydrogen) atoms. The number of nitrogens with zero attached hydrogens (tertiary/aromatic N) is 4. The Hall–Kier alpha value is -1.88. The fourth-order valence-corrected chi connectivity index (χ4v) is 2.32. The third-order valence-corrected chi connectivity index (χ3v) is 3.37. The van der Waals surface area contributed by atoms with Crippen LogP contribution in [0.5, 0.6) is 0 Å². The minimum atomic E-state index is -0.283. The Balaban J connectivity index is 2.15. The number of alkyl halides is 1. The van der Waals surface area contributed by atoms with Crippen molar-refractivity contribution >= 4 is 22.6 Å². The summed E-state index contributed by atoms with van der Waals surface area (Å²) in [6.45, 7) is 0.519. The zero-order valence-electron chi connectivity index (χ0n) is 10.3. The number of aromatic nitrogens is 4. The Morgan fingerprint density at radius 1 is 1.32 bits per heavy atom. The number of benzene rings is 1. The number of aryl methyl sites for hydroxylation is 1. The molecule has 98 valence electrons. The molecule has 0 N–H and O–H groups in total. The molecule has 6 heteroatoms. The zero-order valence-corrected chi connectivity index (χ0v) is 11.1. The average Bonchev–Trinajstić information content (AvgIpc) is 2.95. The number of hydrogen-bond donors (Lipinski definition) is 0. The van der Waals surface area contributed by atoms with Gasteiger partial charge in [-0.2, -0.15) is 0 Å². The lowest BCUT2D eigenvalue weighted by molar-refractivity contribution is 0.627. The van der Waals surface area contributed by atoms with Crippen LogP contribution in [0.4, 0.5) is 4.39 Å². The average molecular weight is 279 g/mol. The van der Waals surface area contributed by atoms with Gasteiger partial charge >= 0.3 is 0 Å². The lowest BCUT2D eigenvalue weighted by Gasteiger charge is -2.07. The number of imidazole rings is 2. The molecule has 0 atom stereocenters. The van der Waals surface area contributed by atoms with Gasteiger partial charge in [-0.25, -0.2) is 14.4 Å². The molecule has 0 spiro atoms. The molecule has 0 saturated heterocycles. The minimum Gasteiger partial charge on any atom is -0.337 e. The first-order valence-electron chi connectivity index (χ1n) is 5.86. The van der Waals surface area contributed by atoms with Crippen LogP contribution in [-0.2, 0) is 19.5 Å². The summed E-state index contributed by atoms with van der Waals surface area (Å²) >= 11 is 5.92. The van der Waals surface area contributed by atoms with Crippen LogP contribution < -0.4 is 0 Å². The molecule has 2 heterocycles. The molecule has 0 unspecified atom stereocenters. The SMILES string of the molecule is Cn1ccnc1Cn1c(CCl)nc2ccc(F)cc21. The van der Waals surface area contributed by atoms with Crippen molar-refractivity contribution in [2.45, 2.75) is 12.4 Å². The van der Waals surface area contributed by atoms with Crippen molar-refractivity contribution in [2.24, 2.45) is 7.05 Å². The van der Waals surface area contributed by atoms with E-state index >= 15 is 0 Å². The third-order valence-electron chi connectivity index (χ3n) is 3.13. The quantitative estimate of drug-likeness (QED) is 0.691. The molecule has 3 rings (SSSR count). The van der Waals surface area contributed by atoms with Crippen LogP contribution in [0.1, 0.15) is 11.6 Å². The molecule has 1 aromatic carbocycles. The largest absolute Gasteiger partial charge is 0.337 e. The van der Waals surface area contributed by atoms with Crippen LogP contribution in [0.25, 0.3) is 11.0 Å². The highest BCUT2D eigenvalue weighted by molar-refractivity contribution is 6.16. The molecule has 2 aromatic heterocycles. The second kappa shape index (κ2) is 4.66. The Bertz CT molecular complexity index is 731. The fourth-order valence-electron chi connectivity index (χ4n) is 2.11. The van der Waals surface area contributed by atoms with Gasteiger partial charge in [-0.05, 0) is 18.2 Å². The summed E-state index contributed by atoms with van der Waals surface area (Å²) in [6, 6.07) is 4.54. The van der Waals surface area contributed by atoms with Gasteiger partial charge in [-0.3, -0.25) is 0 Å². The van der Waals surface area contributed by atoms with E-state index in [2.05, 4.69) is 9.97 Å². The molecule has 4 nitrogen and oxygen atoms in total. The fraction of sp³-hybridized carbons (Fsp3) is 0.231. The molecule has 0 amide bonds. The van der Waals surface area contributed by atoms with Crippen LogP contribution in [0.2, 0.25) is 0 Å². The van der Waals surface area contributed by atoms with Gasteiger partial charge < -0.3 is 9.13 Å². The molecule has 0 saturated carbocycles. The van der Waals surface area contributed by atoms with Crippen molar-refractivity contribution in [1.82, 2.24) is 19.1 Å². The molecule has 0 aliphatic rings. The highest BCUT2D eigenvalue weighted by atomic mass is 35.5. The summed E-state index contributed by atoms with van der Waals surface area (Å²) in [5, 5.41) is 0. The van der Waals surface area contributed by atoms with E-state index in [1.165, 1.54) is 12.1 Å². The monoisotopic (exact) mass is 278 g/mol. The highest BCUT2D eigenvalue weighted by Crippen LogP contribution is 2.20. The maximum absolute atomic E-state index is 13.4. The van der Waals surface area contributed by atoms with Gasteiger partial charge in [-0.1, -0.05) is 0 Å². The first-order chi connectivity index (χ1) is 9.19. The summed E-state index contributed by atoms with van der Waals surface area (Å²) in [4.78, 5) is 8.68. The van der Waals surface area contributed by atoms with Gasteiger partial charge in [0.1, 0.15) is 17.5 Å². The van der Waals surface area contributed by atoms with Crippen LogP contribution in [-0.4, -0.2) is 19.1 Å². The van der Waals surface area contributed by atoms with Gasteiger partial charge in [0.2, 0.25) is 0 Å². The maximum Gasteiger partial charge on any atom is 0.128 e. The summed E-state index contributed by atoms with van der Waals surface area (Å²) in [7, 11) is 1.92. The van der Waals surface area contributed by atoms with E-state index in [1.54, 1.807) is 12.3 Å². The number of hydrogen-bond acceptors (Lipinski definition) is 2. The minimum absolute atomic E-state index is 0.278. The van der Waals surface area contributed by atoms with Crippen LogP contribution in [0.3, 0.4) is 0 Å². The number of halogens is 2. The van der Waals surface area contributed by atoms with E-state index in [0.29, 0.717) is 12.4 Å². The van der Waals surface area contributed by atoms with Crippen LogP contribution in [0, 0.1) is 5.82 Å². The van der Waals surface area contributed by atoms with Crippen molar-refractivity contribution in [1.29, 1.82) is 0 Å². The first-order valence-corrected chi connectivity index (χ1v) is 6.39. The Kier molecular flexibility index (Phi) is 2.98. The molecular formula is C13H12ClFN4. The van der Waals surface area contributed by atoms with Gasteiger partial charge in [-0.15, -0.1) is 11.6 Å². The summed E-state index contributed by atoms with van der Waals surface area (Å²) in [5.41, 5.74) is 1.48. The maximum atomic E-state index is 13.4. The van der Waals surface area contributed by atoms with Crippen LogP contribution >= 0.6 is 11.6 Å². The van der Waals surface area contributed by atoms with Crippen molar-refractivity contribution in [2.75, 3.05) is 0 Å². The van der Waals surface area contributed by atoms with Crippen molar-refractivity contribution in [3.05, 3.63) is 48.1 Å². The summed E-state index contributed by atoms with van der Waals surface area (Å²) in [6.07, 6.45) is 3.60. The smallest absolute Gasteiger partial charge is 0.128 e. The zero-order chi connectivity index (χ0) is 13.4. The van der Waals surface area contributed by atoms with Gasteiger partial charge in [0.05, 0.1) is 23.5 Å². The first kappa shape index (κ1) is 12.2. The standard InChI is InChI=1S/C13H12ClFN4/c1-18-5-4-16-13(18)8-19-11-6-9(15)2-3-10(11)17-12(19)7-14/h2-6H,7-8H2,1H3. The molecular weight excluding hydrogens is 267 g/mol. The van der Waals surface area contributed by atoms with E-state index in [0.717, 1.165) is 16.9 Å². The van der Waals surface area contributed by atoms with E-state index in [1.807, 2.05) is 22.4 Å². The lowest BCUT2D eigenvalue weighted by Crippen LogP contribution is -2.08. The molecule has 0 aliphatic heterocycles. The normalized spacial score (nSPS) is 11.3. The van der Waals surface area contributed by atoms with E-state index in [9.17, 15) is 4.39 Å². The molecule has 0 aliphatic carbocycles. The van der Waals surface area contributed by atoms with E-state index in [-0.39, 0.29) is 11.7 Å². The molecule has 0 bridgehead atoms. The third kappa shape index (κ3) is 2.10. The lowest BCUT2D eigenvalue weighted by atomic mass is 10.3. The van der Waals surface area contributed by atoms with Crippen LogP contribution in [0.15, 0.2) is 30.6 Å². The highest BCUT2D eigenvalue weighted by Gasteiger charge is 2.12. The molecule has 3 aromatic rings. The van der Waals surface area contributed by atoms with E-state index in [4.69, 9.17) is 11.6 Å². The second-order valence-electron chi connectivity index (χ2n) is 4.34. The molecule has 0 radical (unpaired) electrons. The Labute approximate surface area is 114 Å². The summed E-state index contributed by atoms with van der Waals surface area (Å²) < 4.78 is 17.2. The predicted octanol–water partition coefficient (Wildman–Crippen LogP) is 2.70. The van der Waals surface area contributed by atoms with E-state index < -0.39 is 0 Å². The predicted molar refractivity (Wildman–Crippen MR) is 71.6 cm³/mol. The molecule has 0 fully saturated rings. The topological polar surface area (TPSA) is 35.6 Å². The Morgan fingerprint density at radius 2 is 2.16 bits per heavy atom. The number of fused-ring (bicyclic) bond motifs is 1. The van der Waals surface area contributed by atoms with Crippen molar-refractivity contribution in [3.63, 3.8) is 0 Å². The van der Waals surface area contributed by atoms with Crippen molar-refractivity contribution in [3.8, 4) is 0 Å². The van der Waals surface area contributed by atoms with Gasteiger partial charge in [0.25, 0.3) is 0 Å². The number of rotatable bonds is 3. The summed E-state index contributed by atoms with van der Waals surface area (Å²) in [5.74, 6) is 1.58. The van der Waals surface area contributed by atoms with Crippen molar-refractivity contribution < 1.29 is 4.39 Å². The Morgan fingerprint density at radius 3 is 2.84 bits per heavy atom. The second-order valence-corrected chi connectivity index (χ2v) is 4.60.